The fourth-order valence-corrected chi connectivity index (χ4v) is 2.01. The first-order valence-electron chi connectivity index (χ1n) is 10.6. The van der Waals surface area contributed by atoms with Gasteiger partial charge in [-0.2, -0.15) is 0 Å². The predicted molar refractivity (Wildman–Crippen MR) is 118 cm³/mol. The maximum Gasteiger partial charge on any atom is 0.220 e. The van der Waals surface area contributed by atoms with Gasteiger partial charge in [0.2, 0.25) is 5.91 Å². The second-order valence-electron chi connectivity index (χ2n) is 6.62. The van der Waals surface area contributed by atoms with Crippen LogP contribution in [0.5, 0.6) is 0 Å². The third kappa shape index (κ3) is 19.7. The summed E-state index contributed by atoms with van der Waals surface area (Å²) in [6.45, 7) is 17.4. The molecule has 0 saturated heterocycles. The highest BCUT2D eigenvalue weighted by molar-refractivity contribution is 5.82. The monoisotopic (exact) mass is 405 g/mol. The molecule has 0 bridgehead atoms. The molecule has 0 rings (SSSR count). The highest BCUT2D eigenvalue weighted by Crippen LogP contribution is 2.08. The zero-order chi connectivity index (χ0) is 22.6. The Morgan fingerprint density at radius 2 is 1.64 bits per heavy atom. The van der Waals surface area contributed by atoms with Crippen molar-refractivity contribution in [2.24, 2.45) is 5.73 Å². The standard InChI is InChI=1S/C17H35N3O4.2C2H6/c1-13(8-10-24-17(3,4)12-18)23-11-9-20-16(22)7-6-15(19-5)14(2)21;2*1-2/h13,15,19H,6-12,18H2,1-5H3,(H,20,22);2*1-2H3. The van der Waals surface area contributed by atoms with Gasteiger partial charge < -0.3 is 25.8 Å². The summed E-state index contributed by atoms with van der Waals surface area (Å²) in [4.78, 5) is 23.0. The molecule has 1 amide bonds. The van der Waals surface area contributed by atoms with Crippen LogP contribution < -0.4 is 16.4 Å². The second-order valence-corrected chi connectivity index (χ2v) is 6.62. The van der Waals surface area contributed by atoms with Crippen LogP contribution in [0.2, 0.25) is 0 Å². The van der Waals surface area contributed by atoms with Crippen LogP contribution in [0.15, 0.2) is 0 Å². The molecule has 0 aliphatic carbocycles. The molecule has 28 heavy (non-hydrogen) atoms. The van der Waals surface area contributed by atoms with Crippen molar-refractivity contribution in [3.63, 3.8) is 0 Å². The second kappa shape index (κ2) is 20.7. The Kier molecular flexibility index (Phi) is 23.4. The summed E-state index contributed by atoms with van der Waals surface area (Å²) in [5.41, 5.74) is 5.29. The first kappa shape index (κ1) is 31.7. The van der Waals surface area contributed by atoms with Gasteiger partial charge in [0.1, 0.15) is 5.78 Å². The van der Waals surface area contributed by atoms with Crippen LogP contribution in [-0.4, -0.2) is 62.8 Å². The van der Waals surface area contributed by atoms with E-state index in [-0.39, 0.29) is 29.4 Å². The normalized spacial score (nSPS) is 12.6. The van der Waals surface area contributed by atoms with Crippen LogP contribution in [0.3, 0.4) is 0 Å². The topological polar surface area (TPSA) is 103 Å². The molecule has 0 radical (unpaired) electrons. The average molecular weight is 406 g/mol. The molecule has 7 nitrogen and oxygen atoms in total. The lowest BCUT2D eigenvalue weighted by Crippen LogP contribution is -2.35. The number of rotatable bonds is 14. The Labute approximate surface area is 173 Å². The molecule has 2 unspecified atom stereocenters. The van der Waals surface area contributed by atoms with Crippen molar-refractivity contribution >= 4 is 11.7 Å². The molecule has 0 aromatic rings. The van der Waals surface area contributed by atoms with Crippen molar-refractivity contribution in [1.29, 1.82) is 0 Å². The Morgan fingerprint density at radius 3 is 2.11 bits per heavy atom. The zero-order valence-electron chi connectivity index (χ0n) is 19.8. The van der Waals surface area contributed by atoms with Gasteiger partial charge in [-0.1, -0.05) is 27.7 Å². The highest BCUT2D eigenvalue weighted by Gasteiger charge is 2.16. The number of carbonyl (C=O) groups excluding carboxylic acids is 2. The Morgan fingerprint density at radius 1 is 1.07 bits per heavy atom. The Balaban J connectivity index is -0.00000146. The van der Waals surface area contributed by atoms with Gasteiger partial charge in [-0.15, -0.1) is 0 Å². The predicted octanol–water partition coefficient (Wildman–Crippen LogP) is 2.66. The van der Waals surface area contributed by atoms with Crippen molar-refractivity contribution < 1.29 is 19.1 Å². The lowest BCUT2D eigenvalue weighted by Gasteiger charge is -2.24. The number of amides is 1. The average Bonchev–Trinajstić information content (AvgIpc) is 2.68. The Hall–Kier alpha value is -1.02. The van der Waals surface area contributed by atoms with Crippen LogP contribution in [-0.2, 0) is 19.1 Å². The third-order valence-corrected chi connectivity index (χ3v) is 3.83. The number of Topliss-reactive ketones (excluding diaryl/α,β-unsaturated/α-hetero) is 1. The van der Waals surface area contributed by atoms with E-state index in [1.54, 1.807) is 7.05 Å². The molecule has 170 valence electrons. The van der Waals surface area contributed by atoms with Gasteiger partial charge in [-0.3, -0.25) is 9.59 Å². The van der Waals surface area contributed by atoms with E-state index in [2.05, 4.69) is 10.6 Å². The molecule has 0 saturated carbocycles. The molecular weight excluding hydrogens is 358 g/mol. The number of carbonyl (C=O) groups is 2. The minimum Gasteiger partial charge on any atom is -0.377 e. The molecule has 0 aliphatic heterocycles. The van der Waals surface area contributed by atoms with Crippen LogP contribution in [0, 0.1) is 0 Å². The van der Waals surface area contributed by atoms with Crippen molar-refractivity contribution in [3.8, 4) is 0 Å². The van der Waals surface area contributed by atoms with Gasteiger partial charge in [0.05, 0.1) is 24.4 Å². The molecule has 0 spiro atoms. The van der Waals surface area contributed by atoms with Crippen molar-refractivity contribution in [1.82, 2.24) is 10.6 Å². The van der Waals surface area contributed by atoms with Crippen molar-refractivity contribution in [3.05, 3.63) is 0 Å². The van der Waals surface area contributed by atoms with Crippen molar-refractivity contribution in [2.75, 3.05) is 33.4 Å². The molecule has 0 heterocycles. The fraction of sp³-hybridized carbons (Fsp3) is 0.905. The maximum absolute atomic E-state index is 11.7. The van der Waals surface area contributed by atoms with E-state index in [1.807, 2.05) is 48.5 Å². The van der Waals surface area contributed by atoms with E-state index in [1.165, 1.54) is 6.92 Å². The van der Waals surface area contributed by atoms with E-state index in [4.69, 9.17) is 15.2 Å². The minimum absolute atomic E-state index is 0.0440. The smallest absolute Gasteiger partial charge is 0.220 e. The summed E-state index contributed by atoms with van der Waals surface area (Å²) in [5, 5.41) is 5.69. The van der Waals surface area contributed by atoms with Crippen LogP contribution in [0.1, 0.15) is 74.7 Å². The molecule has 0 aromatic heterocycles. The number of hydrogen-bond donors (Lipinski definition) is 3. The molecule has 0 fully saturated rings. The van der Waals surface area contributed by atoms with E-state index >= 15 is 0 Å². The van der Waals surface area contributed by atoms with Gasteiger partial charge in [0.25, 0.3) is 0 Å². The first-order chi connectivity index (χ1) is 13.2. The van der Waals surface area contributed by atoms with Crippen LogP contribution in [0.25, 0.3) is 0 Å². The third-order valence-electron chi connectivity index (χ3n) is 3.83. The number of ether oxygens (including phenoxy) is 2. The van der Waals surface area contributed by atoms with E-state index in [9.17, 15) is 9.59 Å². The lowest BCUT2D eigenvalue weighted by atomic mass is 10.1. The van der Waals surface area contributed by atoms with Gasteiger partial charge in [0.15, 0.2) is 0 Å². The van der Waals surface area contributed by atoms with E-state index < -0.39 is 0 Å². The number of nitrogens with two attached hydrogens (primary N) is 1. The van der Waals surface area contributed by atoms with Gasteiger partial charge in [-0.05, 0) is 47.6 Å². The Bertz CT molecular complexity index is 377. The summed E-state index contributed by atoms with van der Waals surface area (Å²) in [6, 6.07) is -0.259. The molecule has 2 atom stereocenters. The summed E-state index contributed by atoms with van der Waals surface area (Å²) < 4.78 is 11.3. The molecule has 7 heteroatoms. The first-order valence-corrected chi connectivity index (χ1v) is 10.6. The summed E-state index contributed by atoms with van der Waals surface area (Å²) in [6.07, 6.45) is 1.66. The number of hydrogen-bond acceptors (Lipinski definition) is 6. The van der Waals surface area contributed by atoms with E-state index in [0.29, 0.717) is 39.1 Å². The van der Waals surface area contributed by atoms with Crippen LogP contribution >= 0.6 is 0 Å². The number of nitrogens with one attached hydrogen (secondary N) is 2. The largest absolute Gasteiger partial charge is 0.377 e. The minimum atomic E-state index is -0.307. The quantitative estimate of drug-likeness (QED) is 0.384. The molecular formula is C21H47N3O4. The van der Waals surface area contributed by atoms with Gasteiger partial charge in [0, 0.05) is 26.1 Å². The summed E-state index contributed by atoms with van der Waals surface area (Å²) in [7, 11) is 1.72. The lowest BCUT2D eigenvalue weighted by molar-refractivity contribution is -0.122. The number of ketones is 1. The van der Waals surface area contributed by atoms with Gasteiger partial charge >= 0.3 is 0 Å². The molecule has 4 N–H and O–H groups in total. The summed E-state index contributed by atoms with van der Waals surface area (Å²) in [5.74, 6) is -0.0247. The van der Waals surface area contributed by atoms with Crippen molar-refractivity contribution in [2.45, 2.75) is 92.4 Å². The molecule has 0 aliphatic rings. The van der Waals surface area contributed by atoms with Gasteiger partial charge in [-0.25, -0.2) is 0 Å². The van der Waals surface area contributed by atoms with E-state index in [0.717, 1.165) is 6.42 Å². The fourth-order valence-electron chi connectivity index (χ4n) is 2.01. The maximum atomic E-state index is 11.7. The highest BCUT2D eigenvalue weighted by atomic mass is 16.5. The summed E-state index contributed by atoms with van der Waals surface area (Å²) >= 11 is 0. The SMILES string of the molecule is CC.CC.CNC(CCC(=O)NCCOC(C)CCOC(C)(C)CN)C(C)=O. The molecule has 0 aromatic carbocycles. The number of likely N-dealkylation sites (N-methyl/N-ethyl adjacent to an activating group) is 1. The zero-order valence-corrected chi connectivity index (χ0v) is 19.8. The van der Waals surface area contributed by atoms with Crippen LogP contribution in [0.4, 0.5) is 0 Å².